The molecular formula is C16H24ClN3. The molecule has 1 aromatic rings. The van der Waals surface area contributed by atoms with Crippen LogP contribution in [0.5, 0.6) is 0 Å². The molecule has 4 heteroatoms. The van der Waals surface area contributed by atoms with Gasteiger partial charge in [0.25, 0.3) is 0 Å². The Hall–Kier alpha value is -0.830. The third-order valence-corrected chi connectivity index (χ3v) is 5.51. The standard InChI is InChI=1S/C16H24ClN3/c1-4-16(3)7-9-20(10-8-16)15-11(2)13(17)18-14(19-15)12-5-6-12/h12H,4-10H2,1-3H3. The molecule has 0 N–H and O–H groups in total. The van der Waals surface area contributed by atoms with Crippen molar-refractivity contribution in [1.29, 1.82) is 0 Å². The van der Waals surface area contributed by atoms with Gasteiger partial charge in [0.1, 0.15) is 16.8 Å². The maximum atomic E-state index is 6.32. The highest BCUT2D eigenvalue weighted by atomic mass is 35.5. The summed E-state index contributed by atoms with van der Waals surface area (Å²) in [4.78, 5) is 11.7. The van der Waals surface area contributed by atoms with Gasteiger partial charge in [-0.1, -0.05) is 31.9 Å². The second-order valence-corrected chi connectivity index (χ2v) is 7.10. The molecule has 0 radical (unpaired) electrons. The molecule has 3 nitrogen and oxygen atoms in total. The molecule has 110 valence electrons. The van der Waals surface area contributed by atoms with Gasteiger partial charge in [0.2, 0.25) is 0 Å². The Bertz CT molecular complexity index is 503. The summed E-state index contributed by atoms with van der Waals surface area (Å²) in [5.41, 5.74) is 1.54. The van der Waals surface area contributed by atoms with Crippen LogP contribution in [0.1, 0.15) is 63.3 Å². The van der Waals surface area contributed by atoms with Gasteiger partial charge in [-0.05, 0) is 38.0 Å². The summed E-state index contributed by atoms with van der Waals surface area (Å²) in [5.74, 6) is 2.59. The second-order valence-electron chi connectivity index (χ2n) is 6.75. The van der Waals surface area contributed by atoms with Gasteiger partial charge in [-0.25, -0.2) is 9.97 Å². The maximum absolute atomic E-state index is 6.32. The number of hydrogen-bond donors (Lipinski definition) is 0. The van der Waals surface area contributed by atoms with Crippen LogP contribution in [0.25, 0.3) is 0 Å². The van der Waals surface area contributed by atoms with Crippen molar-refractivity contribution < 1.29 is 0 Å². The molecule has 0 bridgehead atoms. The van der Waals surface area contributed by atoms with E-state index in [0.717, 1.165) is 30.3 Å². The minimum atomic E-state index is 0.501. The maximum Gasteiger partial charge on any atom is 0.137 e. The molecular weight excluding hydrogens is 270 g/mol. The minimum Gasteiger partial charge on any atom is -0.356 e. The Morgan fingerprint density at radius 3 is 2.45 bits per heavy atom. The van der Waals surface area contributed by atoms with Gasteiger partial charge in [-0.3, -0.25) is 0 Å². The first kappa shape index (κ1) is 14.1. The van der Waals surface area contributed by atoms with Crippen LogP contribution in [0.3, 0.4) is 0 Å². The van der Waals surface area contributed by atoms with Crippen LogP contribution in [0.2, 0.25) is 5.15 Å². The van der Waals surface area contributed by atoms with Gasteiger partial charge < -0.3 is 4.90 Å². The van der Waals surface area contributed by atoms with Crippen molar-refractivity contribution in [2.24, 2.45) is 5.41 Å². The number of halogens is 1. The minimum absolute atomic E-state index is 0.501. The Morgan fingerprint density at radius 2 is 1.90 bits per heavy atom. The van der Waals surface area contributed by atoms with E-state index in [4.69, 9.17) is 16.6 Å². The van der Waals surface area contributed by atoms with Crippen LogP contribution in [-0.4, -0.2) is 23.1 Å². The Morgan fingerprint density at radius 1 is 1.25 bits per heavy atom. The highest BCUT2D eigenvalue weighted by Crippen LogP contribution is 2.41. The van der Waals surface area contributed by atoms with Gasteiger partial charge >= 0.3 is 0 Å². The molecule has 20 heavy (non-hydrogen) atoms. The summed E-state index contributed by atoms with van der Waals surface area (Å²) in [7, 11) is 0. The first-order valence-electron chi connectivity index (χ1n) is 7.81. The highest BCUT2D eigenvalue weighted by molar-refractivity contribution is 6.30. The molecule has 1 aliphatic heterocycles. The Kier molecular flexibility index (Phi) is 3.65. The van der Waals surface area contributed by atoms with Gasteiger partial charge in [-0.2, -0.15) is 0 Å². The fourth-order valence-corrected chi connectivity index (χ4v) is 3.11. The number of aromatic nitrogens is 2. The zero-order chi connectivity index (χ0) is 14.3. The topological polar surface area (TPSA) is 29.0 Å². The van der Waals surface area contributed by atoms with Crippen molar-refractivity contribution in [3.63, 3.8) is 0 Å². The van der Waals surface area contributed by atoms with Crippen molar-refractivity contribution in [1.82, 2.24) is 9.97 Å². The lowest BCUT2D eigenvalue weighted by atomic mass is 9.78. The van der Waals surface area contributed by atoms with Crippen LogP contribution in [-0.2, 0) is 0 Å². The molecule has 1 aliphatic carbocycles. The summed E-state index contributed by atoms with van der Waals surface area (Å²) >= 11 is 6.32. The predicted octanol–water partition coefficient (Wildman–Crippen LogP) is 4.33. The summed E-state index contributed by atoms with van der Waals surface area (Å²) in [5, 5.41) is 0.640. The zero-order valence-electron chi connectivity index (χ0n) is 12.7. The van der Waals surface area contributed by atoms with Crippen molar-refractivity contribution in [3.8, 4) is 0 Å². The molecule has 2 heterocycles. The quantitative estimate of drug-likeness (QED) is 0.777. The van der Waals surface area contributed by atoms with E-state index in [9.17, 15) is 0 Å². The molecule has 1 aromatic heterocycles. The van der Waals surface area contributed by atoms with Crippen LogP contribution in [0, 0.1) is 12.3 Å². The van der Waals surface area contributed by atoms with E-state index < -0.39 is 0 Å². The highest BCUT2D eigenvalue weighted by Gasteiger charge is 2.32. The number of nitrogens with zero attached hydrogens (tertiary/aromatic N) is 3. The van der Waals surface area contributed by atoms with Crippen LogP contribution >= 0.6 is 11.6 Å². The molecule has 1 saturated heterocycles. The van der Waals surface area contributed by atoms with E-state index in [-0.39, 0.29) is 0 Å². The monoisotopic (exact) mass is 293 g/mol. The largest absolute Gasteiger partial charge is 0.356 e. The molecule has 0 spiro atoms. The SMILES string of the molecule is CCC1(C)CCN(c2nc(C3CC3)nc(Cl)c2C)CC1. The van der Waals surface area contributed by atoms with Crippen molar-refractivity contribution in [2.45, 2.75) is 58.8 Å². The normalized spacial score (nSPS) is 22.1. The number of anilines is 1. The summed E-state index contributed by atoms with van der Waals surface area (Å²) in [6.45, 7) is 8.92. The molecule has 3 rings (SSSR count). The fourth-order valence-electron chi connectivity index (χ4n) is 2.94. The van der Waals surface area contributed by atoms with Crippen molar-refractivity contribution in [2.75, 3.05) is 18.0 Å². The van der Waals surface area contributed by atoms with E-state index >= 15 is 0 Å². The van der Waals surface area contributed by atoms with Gasteiger partial charge in [-0.15, -0.1) is 0 Å². The fraction of sp³-hybridized carbons (Fsp3) is 0.750. The number of piperidine rings is 1. The zero-order valence-corrected chi connectivity index (χ0v) is 13.5. The average molecular weight is 294 g/mol. The van der Waals surface area contributed by atoms with Crippen LogP contribution in [0.15, 0.2) is 0 Å². The third-order valence-electron chi connectivity index (χ3n) is 5.14. The summed E-state index contributed by atoms with van der Waals surface area (Å²) in [6, 6.07) is 0. The lowest BCUT2D eigenvalue weighted by molar-refractivity contribution is 0.237. The first-order chi connectivity index (χ1) is 9.52. The molecule has 2 aliphatic rings. The first-order valence-corrected chi connectivity index (χ1v) is 8.19. The smallest absolute Gasteiger partial charge is 0.137 e. The predicted molar refractivity (Wildman–Crippen MR) is 83.6 cm³/mol. The average Bonchev–Trinajstić information content (AvgIpc) is 3.27. The van der Waals surface area contributed by atoms with E-state index in [1.807, 2.05) is 6.92 Å². The Balaban J connectivity index is 1.83. The lowest BCUT2D eigenvalue weighted by Gasteiger charge is -2.40. The lowest BCUT2D eigenvalue weighted by Crippen LogP contribution is -2.39. The molecule has 0 atom stereocenters. The molecule has 0 aromatic carbocycles. The van der Waals surface area contributed by atoms with E-state index in [1.165, 1.54) is 32.1 Å². The third kappa shape index (κ3) is 2.65. The van der Waals surface area contributed by atoms with Crippen molar-refractivity contribution >= 4 is 17.4 Å². The summed E-state index contributed by atoms with van der Waals surface area (Å²) < 4.78 is 0. The number of hydrogen-bond acceptors (Lipinski definition) is 3. The van der Waals surface area contributed by atoms with Gasteiger partial charge in [0.15, 0.2) is 0 Å². The van der Waals surface area contributed by atoms with Crippen molar-refractivity contribution in [3.05, 3.63) is 16.5 Å². The van der Waals surface area contributed by atoms with Crippen LogP contribution in [0.4, 0.5) is 5.82 Å². The van der Waals surface area contributed by atoms with Gasteiger partial charge in [0, 0.05) is 24.6 Å². The Labute approximate surface area is 126 Å². The van der Waals surface area contributed by atoms with E-state index in [1.54, 1.807) is 0 Å². The van der Waals surface area contributed by atoms with E-state index in [0.29, 0.717) is 16.5 Å². The molecule has 1 saturated carbocycles. The summed E-state index contributed by atoms with van der Waals surface area (Å²) in [6.07, 6.45) is 6.17. The molecule has 2 fully saturated rings. The number of rotatable bonds is 3. The van der Waals surface area contributed by atoms with Crippen LogP contribution < -0.4 is 4.90 Å². The van der Waals surface area contributed by atoms with E-state index in [2.05, 4.69) is 23.7 Å². The molecule has 0 amide bonds. The molecule has 0 unspecified atom stereocenters. The van der Waals surface area contributed by atoms with Gasteiger partial charge in [0.05, 0.1) is 0 Å². The second kappa shape index (κ2) is 5.18.